The van der Waals surface area contributed by atoms with E-state index in [0.717, 1.165) is 13.0 Å². The van der Waals surface area contributed by atoms with E-state index >= 15 is 0 Å². The van der Waals surface area contributed by atoms with Crippen LogP contribution >= 0.6 is 0 Å². The standard InChI is InChI=1S/C17H26N2O2/c1-12(2)16-15-6-5-13(3)11-14(15)7-9-19(16)17(20)18-8-10-21-4/h5-6,11-12,16H,7-10H2,1-4H3,(H,18,20). The van der Waals surface area contributed by atoms with Crippen LogP contribution in [-0.2, 0) is 11.2 Å². The molecule has 1 aliphatic heterocycles. The molecular weight excluding hydrogens is 264 g/mol. The van der Waals surface area contributed by atoms with Gasteiger partial charge in [0.15, 0.2) is 0 Å². The molecule has 1 atom stereocenters. The third kappa shape index (κ3) is 3.56. The number of amides is 2. The molecule has 0 bridgehead atoms. The number of benzene rings is 1. The summed E-state index contributed by atoms with van der Waals surface area (Å²) in [6.45, 7) is 8.34. The molecule has 4 heteroatoms. The fourth-order valence-corrected chi connectivity index (χ4v) is 3.10. The summed E-state index contributed by atoms with van der Waals surface area (Å²) in [4.78, 5) is 14.4. The first kappa shape index (κ1) is 15.8. The van der Waals surface area contributed by atoms with Crippen LogP contribution < -0.4 is 5.32 Å². The van der Waals surface area contributed by atoms with Crippen LogP contribution in [0.1, 0.15) is 36.6 Å². The number of urea groups is 1. The van der Waals surface area contributed by atoms with E-state index in [4.69, 9.17) is 4.74 Å². The summed E-state index contributed by atoms with van der Waals surface area (Å²) in [7, 11) is 1.64. The van der Waals surface area contributed by atoms with Crippen molar-refractivity contribution < 1.29 is 9.53 Å². The predicted molar refractivity (Wildman–Crippen MR) is 84.4 cm³/mol. The lowest BCUT2D eigenvalue weighted by molar-refractivity contribution is 0.143. The van der Waals surface area contributed by atoms with E-state index in [-0.39, 0.29) is 12.1 Å². The summed E-state index contributed by atoms with van der Waals surface area (Å²) in [5.41, 5.74) is 3.97. The van der Waals surface area contributed by atoms with Gasteiger partial charge in [-0.1, -0.05) is 37.6 Å². The second-order valence-electron chi connectivity index (χ2n) is 6.06. The highest BCUT2D eigenvalue weighted by molar-refractivity contribution is 5.75. The van der Waals surface area contributed by atoms with Crippen molar-refractivity contribution in [1.82, 2.24) is 10.2 Å². The second-order valence-corrected chi connectivity index (χ2v) is 6.06. The SMILES string of the molecule is COCCNC(=O)N1CCc2cc(C)ccc2C1C(C)C. The van der Waals surface area contributed by atoms with E-state index in [1.54, 1.807) is 7.11 Å². The van der Waals surface area contributed by atoms with Crippen molar-refractivity contribution in [1.29, 1.82) is 0 Å². The highest BCUT2D eigenvalue weighted by Crippen LogP contribution is 2.35. The van der Waals surface area contributed by atoms with Crippen molar-refractivity contribution in [3.63, 3.8) is 0 Å². The molecule has 0 spiro atoms. The number of methoxy groups -OCH3 is 1. The maximum absolute atomic E-state index is 12.4. The first-order chi connectivity index (χ1) is 10.0. The van der Waals surface area contributed by atoms with Crippen molar-refractivity contribution in [2.24, 2.45) is 5.92 Å². The lowest BCUT2D eigenvalue weighted by atomic mass is 9.85. The minimum absolute atomic E-state index is 0.0111. The Morgan fingerprint density at radius 1 is 1.48 bits per heavy atom. The quantitative estimate of drug-likeness (QED) is 0.866. The van der Waals surface area contributed by atoms with Crippen molar-refractivity contribution in [2.45, 2.75) is 33.2 Å². The Morgan fingerprint density at radius 2 is 2.24 bits per heavy atom. The Bertz CT molecular complexity index is 500. The Hall–Kier alpha value is -1.55. The van der Waals surface area contributed by atoms with E-state index < -0.39 is 0 Å². The van der Waals surface area contributed by atoms with Gasteiger partial charge in [-0.05, 0) is 30.4 Å². The van der Waals surface area contributed by atoms with Gasteiger partial charge in [-0.2, -0.15) is 0 Å². The van der Waals surface area contributed by atoms with E-state index in [1.165, 1.54) is 16.7 Å². The Labute approximate surface area is 127 Å². The number of fused-ring (bicyclic) bond motifs is 1. The lowest BCUT2D eigenvalue weighted by Crippen LogP contribution is -2.47. The molecule has 2 amide bonds. The van der Waals surface area contributed by atoms with Crippen molar-refractivity contribution in [3.8, 4) is 0 Å². The number of hydrogen-bond acceptors (Lipinski definition) is 2. The minimum atomic E-state index is 0.0111. The number of carbonyl (C=O) groups is 1. The van der Waals surface area contributed by atoms with Gasteiger partial charge in [-0.25, -0.2) is 4.79 Å². The number of nitrogens with one attached hydrogen (secondary N) is 1. The summed E-state index contributed by atoms with van der Waals surface area (Å²) in [5, 5.41) is 2.94. The Morgan fingerprint density at radius 3 is 2.90 bits per heavy atom. The van der Waals surface area contributed by atoms with E-state index in [9.17, 15) is 4.79 Å². The first-order valence-electron chi connectivity index (χ1n) is 7.67. The molecule has 1 heterocycles. The minimum Gasteiger partial charge on any atom is -0.383 e. The zero-order chi connectivity index (χ0) is 15.4. The molecule has 0 saturated carbocycles. The van der Waals surface area contributed by atoms with Gasteiger partial charge < -0.3 is 15.0 Å². The molecule has 0 aliphatic carbocycles. The topological polar surface area (TPSA) is 41.6 Å². The van der Waals surface area contributed by atoms with Crippen LogP contribution in [0.3, 0.4) is 0 Å². The van der Waals surface area contributed by atoms with Gasteiger partial charge >= 0.3 is 6.03 Å². The number of hydrogen-bond donors (Lipinski definition) is 1. The fraction of sp³-hybridized carbons (Fsp3) is 0.588. The van der Waals surface area contributed by atoms with E-state index in [1.807, 2.05) is 4.90 Å². The largest absolute Gasteiger partial charge is 0.383 e. The smallest absolute Gasteiger partial charge is 0.318 e. The van der Waals surface area contributed by atoms with Crippen LogP contribution in [0.25, 0.3) is 0 Å². The number of ether oxygens (including phenoxy) is 1. The van der Waals surface area contributed by atoms with Crippen molar-refractivity contribution >= 4 is 6.03 Å². The fourth-order valence-electron chi connectivity index (χ4n) is 3.10. The molecule has 1 unspecified atom stereocenters. The molecule has 2 rings (SSSR count). The lowest BCUT2D eigenvalue weighted by Gasteiger charge is -2.39. The van der Waals surface area contributed by atoms with E-state index in [0.29, 0.717) is 19.1 Å². The highest BCUT2D eigenvalue weighted by Gasteiger charge is 2.32. The summed E-state index contributed by atoms with van der Waals surface area (Å²) in [6.07, 6.45) is 0.929. The summed E-state index contributed by atoms with van der Waals surface area (Å²) in [5.74, 6) is 0.389. The number of aryl methyl sites for hydroxylation is 1. The van der Waals surface area contributed by atoms with Crippen LogP contribution in [0.15, 0.2) is 18.2 Å². The maximum atomic E-state index is 12.4. The highest BCUT2D eigenvalue weighted by atomic mass is 16.5. The first-order valence-corrected chi connectivity index (χ1v) is 7.67. The zero-order valence-corrected chi connectivity index (χ0v) is 13.5. The molecule has 0 fully saturated rings. The number of carbonyl (C=O) groups excluding carboxylic acids is 1. The molecule has 1 aliphatic rings. The molecule has 0 saturated heterocycles. The van der Waals surface area contributed by atoms with Gasteiger partial charge in [0.25, 0.3) is 0 Å². The molecule has 116 valence electrons. The predicted octanol–water partition coefficient (Wildman–Crippen LogP) is 2.91. The maximum Gasteiger partial charge on any atom is 0.318 e. The van der Waals surface area contributed by atoms with E-state index in [2.05, 4.69) is 44.3 Å². The Kier molecular flexibility index (Phi) is 5.23. The molecular formula is C17H26N2O2. The van der Waals surface area contributed by atoms with Crippen molar-refractivity contribution in [3.05, 3.63) is 34.9 Å². The molecule has 1 aromatic rings. The van der Waals surface area contributed by atoms with Gasteiger partial charge in [0, 0.05) is 20.2 Å². The van der Waals surface area contributed by atoms with Crippen LogP contribution in [0.5, 0.6) is 0 Å². The third-order valence-corrected chi connectivity index (χ3v) is 4.05. The summed E-state index contributed by atoms with van der Waals surface area (Å²) in [6, 6.07) is 6.74. The molecule has 1 N–H and O–H groups in total. The number of rotatable bonds is 4. The Balaban J connectivity index is 2.20. The normalized spacial score (nSPS) is 17.8. The van der Waals surface area contributed by atoms with Crippen molar-refractivity contribution in [2.75, 3.05) is 26.8 Å². The van der Waals surface area contributed by atoms with Crippen LogP contribution in [-0.4, -0.2) is 37.7 Å². The van der Waals surface area contributed by atoms with Crippen LogP contribution in [0.2, 0.25) is 0 Å². The average molecular weight is 290 g/mol. The van der Waals surface area contributed by atoms with Gasteiger partial charge in [0.2, 0.25) is 0 Å². The third-order valence-electron chi connectivity index (χ3n) is 4.05. The van der Waals surface area contributed by atoms with Crippen LogP contribution in [0, 0.1) is 12.8 Å². The zero-order valence-electron chi connectivity index (χ0n) is 13.5. The molecule has 0 radical (unpaired) electrons. The number of nitrogens with zero attached hydrogens (tertiary/aromatic N) is 1. The summed E-state index contributed by atoms with van der Waals surface area (Å²) < 4.78 is 4.99. The van der Waals surface area contributed by atoms with Gasteiger partial charge in [0.1, 0.15) is 0 Å². The summed E-state index contributed by atoms with van der Waals surface area (Å²) >= 11 is 0. The molecule has 21 heavy (non-hydrogen) atoms. The van der Waals surface area contributed by atoms with Gasteiger partial charge in [0.05, 0.1) is 12.6 Å². The molecule has 1 aromatic carbocycles. The molecule has 0 aromatic heterocycles. The monoisotopic (exact) mass is 290 g/mol. The van der Waals surface area contributed by atoms with Gasteiger partial charge in [-0.3, -0.25) is 0 Å². The van der Waals surface area contributed by atoms with Crippen LogP contribution in [0.4, 0.5) is 4.79 Å². The molecule has 4 nitrogen and oxygen atoms in total. The van der Waals surface area contributed by atoms with Gasteiger partial charge in [-0.15, -0.1) is 0 Å². The second kappa shape index (κ2) is 6.94. The average Bonchev–Trinajstić information content (AvgIpc) is 2.45.